The monoisotopic (exact) mass is 513 g/mol. The number of ketones is 1. The maximum Gasteiger partial charge on any atom is 0.275 e. The van der Waals surface area contributed by atoms with Crippen molar-refractivity contribution in [1.82, 2.24) is 20.3 Å². The smallest absolute Gasteiger partial charge is 0.275 e. The molecule has 3 aromatic carbocycles. The van der Waals surface area contributed by atoms with Crippen molar-refractivity contribution in [1.29, 1.82) is 0 Å². The third-order valence-corrected chi connectivity index (χ3v) is 5.90. The van der Waals surface area contributed by atoms with Crippen LogP contribution in [0.15, 0.2) is 66.7 Å². The predicted molar refractivity (Wildman–Crippen MR) is 132 cm³/mol. The molecule has 1 amide bonds. The molecule has 0 saturated carbocycles. The van der Waals surface area contributed by atoms with Crippen molar-refractivity contribution in [3.8, 4) is 0 Å². The van der Waals surface area contributed by atoms with Gasteiger partial charge in [-0.3, -0.25) is 9.59 Å². The molecule has 0 atom stereocenters. The summed E-state index contributed by atoms with van der Waals surface area (Å²) in [4.78, 5) is 25.4. The van der Waals surface area contributed by atoms with Crippen LogP contribution in [-0.4, -0.2) is 26.7 Å². The number of carbonyl (C=O) groups excluding carboxylic acids is 2. The van der Waals surface area contributed by atoms with E-state index in [2.05, 4.69) is 15.6 Å². The molecule has 0 aliphatic carbocycles. The minimum atomic E-state index is -0.437. The van der Waals surface area contributed by atoms with E-state index in [9.17, 15) is 9.59 Å². The van der Waals surface area contributed by atoms with Gasteiger partial charge in [0.1, 0.15) is 0 Å². The lowest BCUT2D eigenvalue weighted by molar-refractivity contribution is 0.0946. The number of carbonyl (C=O) groups is 2. The van der Waals surface area contributed by atoms with Crippen LogP contribution < -0.4 is 11.1 Å². The number of halogens is 3. The molecule has 3 N–H and O–H groups in total. The second-order valence-corrected chi connectivity index (χ2v) is 8.67. The van der Waals surface area contributed by atoms with Crippen molar-refractivity contribution >= 4 is 52.3 Å². The topological polar surface area (TPSA) is 103 Å². The summed E-state index contributed by atoms with van der Waals surface area (Å²) in [5, 5.41) is 11.5. The average Bonchev–Trinajstić information content (AvgIpc) is 3.18. The van der Waals surface area contributed by atoms with Gasteiger partial charge in [-0.25, -0.2) is 4.68 Å². The van der Waals surface area contributed by atoms with Gasteiger partial charge in [0, 0.05) is 17.1 Å². The zero-order valence-corrected chi connectivity index (χ0v) is 19.9. The molecule has 0 saturated heterocycles. The predicted octanol–water partition coefficient (Wildman–Crippen LogP) is 5.03. The number of hydrogen-bond donors (Lipinski definition) is 2. The summed E-state index contributed by atoms with van der Waals surface area (Å²) in [5.41, 5.74) is 8.30. The molecule has 10 heteroatoms. The third kappa shape index (κ3) is 5.22. The zero-order valence-electron chi connectivity index (χ0n) is 17.6. The Morgan fingerprint density at radius 3 is 2.21 bits per heavy atom. The van der Waals surface area contributed by atoms with Crippen molar-refractivity contribution < 1.29 is 9.59 Å². The molecule has 0 unspecified atom stereocenters. The minimum Gasteiger partial charge on any atom is -0.382 e. The Hall–Kier alpha value is -3.39. The number of nitrogens with zero attached hydrogens (tertiary/aromatic N) is 3. The Balaban J connectivity index is 1.50. The average molecular weight is 515 g/mol. The number of anilines is 1. The SMILES string of the molecule is Nc1c(C(=O)NCc2ccccc2)nnn1Cc1cc(Cl)c(C(=O)c2ccc(Cl)cc2)c(Cl)c1. The number of benzene rings is 3. The Kier molecular flexibility index (Phi) is 7.17. The van der Waals surface area contributed by atoms with Gasteiger partial charge >= 0.3 is 0 Å². The molecule has 1 heterocycles. The number of nitrogens with two attached hydrogens (primary N) is 1. The van der Waals surface area contributed by atoms with E-state index < -0.39 is 5.91 Å². The first-order chi connectivity index (χ1) is 16.3. The van der Waals surface area contributed by atoms with E-state index in [1.54, 1.807) is 36.4 Å². The molecule has 0 aliphatic heterocycles. The third-order valence-electron chi connectivity index (χ3n) is 5.05. The number of nitrogen functional groups attached to an aromatic ring is 1. The molecule has 0 spiro atoms. The molecule has 172 valence electrons. The molecule has 7 nitrogen and oxygen atoms in total. The van der Waals surface area contributed by atoms with Crippen LogP contribution in [0.4, 0.5) is 5.82 Å². The number of nitrogens with one attached hydrogen (secondary N) is 1. The standard InChI is InChI=1S/C24H18Cl3N5O2/c25-17-8-6-16(7-9-17)22(33)20-18(26)10-15(11-19(20)27)13-32-23(28)21(30-31-32)24(34)29-12-14-4-2-1-3-5-14/h1-11H,12-13,28H2,(H,29,34). The lowest BCUT2D eigenvalue weighted by Gasteiger charge is -2.10. The van der Waals surface area contributed by atoms with E-state index in [-0.39, 0.29) is 39.4 Å². The van der Waals surface area contributed by atoms with Crippen LogP contribution in [0.1, 0.15) is 37.5 Å². The summed E-state index contributed by atoms with van der Waals surface area (Å²) in [6, 6.07) is 19.1. The van der Waals surface area contributed by atoms with Crippen molar-refractivity contribution in [2.45, 2.75) is 13.1 Å². The molecular weight excluding hydrogens is 497 g/mol. The van der Waals surface area contributed by atoms with Gasteiger partial charge in [0.25, 0.3) is 5.91 Å². The molecule has 4 rings (SSSR count). The van der Waals surface area contributed by atoms with Crippen LogP contribution in [0.3, 0.4) is 0 Å². The van der Waals surface area contributed by atoms with E-state index in [1.807, 2.05) is 30.3 Å². The zero-order chi connectivity index (χ0) is 24.2. The van der Waals surface area contributed by atoms with Crippen molar-refractivity contribution in [2.24, 2.45) is 0 Å². The first-order valence-electron chi connectivity index (χ1n) is 10.1. The quantitative estimate of drug-likeness (QED) is 0.337. The van der Waals surface area contributed by atoms with Crippen molar-refractivity contribution in [2.75, 3.05) is 5.73 Å². The van der Waals surface area contributed by atoms with Gasteiger partial charge in [-0.2, -0.15) is 0 Å². The first-order valence-corrected chi connectivity index (χ1v) is 11.3. The van der Waals surface area contributed by atoms with Crippen LogP contribution in [0.2, 0.25) is 15.1 Å². The van der Waals surface area contributed by atoms with Crippen molar-refractivity contribution in [3.63, 3.8) is 0 Å². The number of hydrogen-bond acceptors (Lipinski definition) is 5. The van der Waals surface area contributed by atoms with Crippen LogP contribution >= 0.6 is 34.8 Å². The van der Waals surface area contributed by atoms with Gasteiger partial charge in [0.2, 0.25) is 0 Å². The molecule has 34 heavy (non-hydrogen) atoms. The normalized spacial score (nSPS) is 10.8. The first kappa shape index (κ1) is 23.8. The highest BCUT2D eigenvalue weighted by Crippen LogP contribution is 2.30. The van der Waals surface area contributed by atoms with Gasteiger partial charge < -0.3 is 11.1 Å². The second kappa shape index (κ2) is 10.3. The van der Waals surface area contributed by atoms with E-state index in [4.69, 9.17) is 40.5 Å². The fourth-order valence-corrected chi connectivity index (χ4v) is 4.14. The lowest BCUT2D eigenvalue weighted by atomic mass is 10.0. The largest absolute Gasteiger partial charge is 0.382 e. The van der Waals surface area contributed by atoms with Gasteiger partial charge in [-0.1, -0.05) is 70.3 Å². The van der Waals surface area contributed by atoms with Gasteiger partial charge in [0.15, 0.2) is 17.3 Å². The molecule has 0 aliphatic rings. The lowest BCUT2D eigenvalue weighted by Crippen LogP contribution is -2.24. The number of aromatic nitrogens is 3. The second-order valence-electron chi connectivity index (χ2n) is 7.42. The maximum atomic E-state index is 12.9. The summed E-state index contributed by atoms with van der Waals surface area (Å²) in [7, 11) is 0. The molecule has 0 radical (unpaired) electrons. The maximum absolute atomic E-state index is 12.9. The van der Waals surface area contributed by atoms with E-state index in [0.717, 1.165) is 5.56 Å². The number of amides is 1. The Morgan fingerprint density at radius 1 is 0.912 bits per heavy atom. The molecule has 0 fully saturated rings. The summed E-state index contributed by atoms with van der Waals surface area (Å²) in [5.74, 6) is -0.664. The van der Waals surface area contributed by atoms with E-state index >= 15 is 0 Å². The highest BCUT2D eigenvalue weighted by atomic mass is 35.5. The fraction of sp³-hybridized carbons (Fsp3) is 0.0833. The highest BCUT2D eigenvalue weighted by Gasteiger charge is 2.20. The highest BCUT2D eigenvalue weighted by molar-refractivity contribution is 6.41. The van der Waals surface area contributed by atoms with E-state index in [1.165, 1.54) is 4.68 Å². The van der Waals surface area contributed by atoms with Gasteiger partial charge in [0.05, 0.1) is 22.2 Å². The Labute approximate surface area is 210 Å². The summed E-state index contributed by atoms with van der Waals surface area (Å²) < 4.78 is 1.36. The van der Waals surface area contributed by atoms with Gasteiger partial charge in [-0.05, 0) is 47.5 Å². The fourth-order valence-electron chi connectivity index (χ4n) is 3.31. The Bertz CT molecular complexity index is 1330. The number of rotatable bonds is 7. The molecule has 0 bridgehead atoms. The molecule has 1 aromatic heterocycles. The summed E-state index contributed by atoms with van der Waals surface area (Å²) in [6.07, 6.45) is 0. The van der Waals surface area contributed by atoms with Crippen LogP contribution in [0.5, 0.6) is 0 Å². The Morgan fingerprint density at radius 2 is 1.56 bits per heavy atom. The minimum absolute atomic E-state index is 0.0164. The summed E-state index contributed by atoms with van der Waals surface area (Å²) >= 11 is 18.7. The van der Waals surface area contributed by atoms with Crippen LogP contribution in [-0.2, 0) is 13.1 Å². The summed E-state index contributed by atoms with van der Waals surface area (Å²) in [6.45, 7) is 0.486. The van der Waals surface area contributed by atoms with Crippen LogP contribution in [0.25, 0.3) is 0 Å². The van der Waals surface area contributed by atoms with Crippen LogP contribution in [0, 0.1) is 0 Å². The van der Waals surface area contributed by atoms with Crippen molar-refractivity contribution in [3.05, 3.63) is 110 Å². The van der Waals surface area contributed by atoms with Gasteiger partial charge in [-0.15, -0.1) is 5.10 Å². The van der Waals surface area contributed by atoms with E-state index in [0.29, 0.717) is 22.7 Å². The molecular formula is C24H18Cl3N5O2. The molecule has 4 aromatic rings.